The first kappa shape index (κ1) is 17.2. The summed E-state index contributed by atoms with van der Waals surface area (Å²) in [4.78, 5) is 12.9. The third kappa shape index (κ3) is 4.93. The van der Waals surface area contributed by atoms with Crippen LogP contribution >= 0.6 is 11.3 Å². The van der Waals surface area contributed by atoms with Gasteiger partial charge >= 0.3 is 0 Å². The van der Waals surface area contributed by atoms with E-state index in [0.29, 0.717) is 5.92 Å². The zero-order valence-corrected chi connectivity index (χ0v) is 14.5. The van der Waals surface area contributed by atoms with Crippen LogP contribution in [0.1, 0.15) is 42.2 Å². The molecular formula is C18H22N2O2S. The number of thiophene rings is 1. The lowest BCUT2D eigenvalue weighted by Gasteiger charge is -2.15. The summed E-state index contributed by atoms with van der Waals surface area (Å²) in [6, 6.07) is 9.86. The van der Waals surface area contributed by atoms with Crippen molar-refractivity contribution in [3.8, 4) is 5.75 Å². The van der Waals surface area contributed by atoms with Gasteiger partial charge in [0.25, 0.3) is 5.91 Å². The molecule has 23 heavy (non-hydrogen) atoms. The molecule has 0 bridgehead atoms. The Morgan fingerprint density at radius 2 is 2.17 bits per heavy atom. The van der Waals surface area contributed by atoms with Crippen LogP contribution < -0.4 is 10.2 Å². The Kier molecular flexibility index (Phi) is 6.35. The topological polar surface area (TPSA) is 50.7 Å². The lowest BCUT2D eigenvalue weighted by atomic mass is 9.98. The second-order valence-corrected chi connectivity index (χ2v) is 6.34. The number of hydrazone groups is 1. The van der Waals surface area contributed by atoms with Crippen LogP contribution in [0.3, 0.4) is 0 Å². The number of hydrogen-bond donors (Lipinski definition) is 1. The third-order valence-corrected chi connectivity index (χ3v) is 4.65. The number of benzene rings is 1. The van der Waals surface area contributed by atoms with Gasteiger partial charge in [0, 0.05) is 4.88 Å². The number of ether oxygens (including phenoxy) is 1. The fourth-order valence-corrected chi connectivity index (χ4v) is 2.88. The summed E-state index contributed by atoms with van der Waals surface area (Å²) in [7, 11) is 0. The number of aryl methyl sites for hydroxylation is 1. The van der Waals surface area contributed by atoms with Crippen molar-refractivity contribution in [2.45, 2.75) is 33.1 Å². The number of hydrogen-bond acceptors (Lipinski definition) is 4. The number of carbonyl (C=O) groups is 1. The fraction of sp³-hybridized carbons (Fsp3) is 0.333. The summed E-state index contributed by atoms with van der Waals surface area (Å²) in [5.74, 6) is 0.888. The molecule has 0 saturated heterocycles. The Morgan fingerprint density at radius 1 is 1.39 bits per heavy atom. The van der Waals surface area contributed by atoms with E-state index in [-0.39, 0.29) is 12.5 Å². The van der Waals surface area contributed by atoms with Crippen LogP contribution in [0.2, 0.25) is 0 Å². The Balaban J connectivity index is 1.87. The van der Waals surface area contributed by atoms with E-state index < -0.39 is 0 Å². The SMILES string of the molecule is CCC(C)c1ccccc1OCC(=O)N/N=C/c1sccc1C. The first-order chi connectivity index (χ1) is 11.1. The zero-order valence-electron chi connectivity index (χ0n) is 13.7. The molecule has 122 valence electrons. The van der Waals surface area contributed by atoms with E-state index in [1.165, 1.54) is 0 Å². The highest BCUT2D eigenvalue weighted by atomic mass is 32.1. The predicted molar refractivity (Wildman–Crippen MR) is 95.4 cm³/mol. The van der Waals surface area contributed by atoms with E-state index in [1.807, 2.05) is 42.6 Å². The Morgan fingerprint density at radius 3 is 2.87 bits per heavy atom. The van der Waals surface area contributed by atoms with Gasteiger partial charge < -0.3 is 4.74 Å². The molecule has 0 aliphatic carbocycles. The molecule has 1 N–H and O–H groups in total. The maximum atomic E-state index is 11.8. The maximum Gasteiger partial charge on any atom is 0.277 e. The van der Waals surface area contributed by atoms with Crippen molar-refractivity contribution in [2.75, 3.05) is 6.61 Å². The third-order valence-electron chi connectivity index (χ3n) is 3.69. The predicted octanol–water partition coefficient (Wildman–Crippen LogP) is 4.10. The summed E-state index contributed by atoms with van der Waals surface area (Å²) in [6.07, 6.45) is 2.68. The average molecular weight is 330 g/mol. The van der Waals surface area contributed by atoms with E-state index in [1.54, 1.807) is 17.6 Å². The highest BCUT2D eigenvalue weighted by molar-refractivity contribution is 7.11. The van der Waals surface area contributed by atoms with Crippen molar-refractivity contribution in [3.05, 3.63) is 51.7 Å². The minimum atomic E-state index is -0.269. The number of para-hydroxylation sites is 1. The molecule has 1 amide bonds. The van der Waals surface area contributed by atoms with Crippen LogP contribution in [0.15, 0.2) is 40.8 Å². The van der Waals surface area contributed by atoms with Crippen molar-refractivity contribution >= 4 is 23.5 Å². The van der Waals surface area contributed by atoms with Crippen LogP contribution in [-0.2, 0) is 4.79 Å². The number of amides is 1. The average Bonchev–Trinajstić information content (AvgIpc) is 2.97. The summed E-state index contributed by atoms with van der Waals surface area (Å²) < 4.78 is 5.65. The minimum Gasteiger partial charge on any atom is -0.483 e. The Bertz CT molecular complexity index is 679. The molecule has 0 aliphatic heterocycles. The van der Waals surface area contributed by atoms with Crippen molar-refractivity contribution in [1.82, 2.24) is 5.43 Å². The summed E-state index contributed by atoms with van der Waals surface area (Å²) >= 11 is 1.59. The molecule has 1 aromatic carbocycles. The van der Waals surface area contributed by atoms with Crippen molar-refractivity contribution in [2.24, 2.45) is 5.10 Å². The molecule has 0 saturated carbocycles. The molecule has 2 rings (SSSR count). The Labute approximate surface area is 141 Å². The van der Waals surface area contributed by atoms with Crippen LogP contribution in [0.4, 0.5) is 0 Å². The normalized spacial score (nSPS) is 12.3. The summed E-state index contributed by atoms with van der Waals surface area (Å²) in [5, 5.41) is 5.96. The van der Waals surface area contributed by atoms with Gasteiger partial charge in [0.15, 0.2) is 6.61 Å². The number of rotatable bonds is 7. The lowest BCUT2D eigenvalue weighted by molar-refractivity contribution is -0.123. The number of carbonyl (C=O) groups excluding carboxylic acids is 1. The molecular weight excluding hydrogens is 308 g/mol. The first-order valence-corrected chi connectivity index (χ1v) is 8.57. The van der Waals surface area contributed by atoms with Crippen LogP contribution in [0, 0.1) is 6.92 Å². The van der Waals surface area contributed by atoms with Crippen LogP contribution in [0.5, 0.6) is 5.75 Å². The lowest BCUT2D eigenvalue weighted by Crippen LogP contribution is -2.24. The van der Waals surface area contributed by atoms with E-state index in [2.05, 4.69) is 24.4 Å². The monoisotopic (exact) mass is 330 g/mol. The van der Waals surface area contributed by atoms with Crippen LogP contribution in [0.25, 0.3) is 0 Å². The molecule has 0 aliphatic rings. The molecule has 5 heteroatoms. The van der Waals surface area contributed by atoms with E-state index in [0.717, 1.165) is 28.2 Å². The fourth-order valence-electron chi connectivity index (χ4n) is 2.09. The molecule has 0 fully saturated rings. The van der Waals surface area contributed by atoms with Crippen molar-refractivity contribution in [3.63, 3.8) is 0 Å². The van der Waals surface area contributed by atoms with Crippen LogP contribution in [-0.4, -0.2) is 18.7 Å². The van der Waals surface area contributed by atoms with Gasteiger partial charge in [-0.15, -0.1) is 11.3 Å². The number of nitrogens with one attached hydrogen (secondary N) is 1. The molecule has 1 aromatic heterocycles. The maximum absolute atomic E-state index is 11.8. The smallest absolute Gasteiger partial charge is 0.277 e. The molecule has 1 atom stereocenters. The van der Waals surface area contributed by atoms with E-state index in [4.69, 9.17) is 4.74 Å². The Hall–Kier alpha value is -2.14. The summed E-state index contributed by atoms with van der Waals surface area (Å²) in [6.45, 7) is 6.24. The van der Waals surface area contributed by atoms with E-state index >= 15 is 0 Å². The molecule has 1 unspecified atom stereocenters. The highest BCUT2D eigenvalue weighted by Gasteiger charge is 2.10. The zero-order chi connectivity index (χ0) is 16.7. The molecule has 4 nitrogen and oxygen atoms in total. The van der Waals surface area contributed by atoms with Gasteiger partial charge in [-0.2, -0.15) is 5.10 Å². The molecule has 0 spiro atoms. The second kappa shape index (κ2) is 8.48. The van der Waals surface area contributed by atoms with Gasteiger partial charge in [0.2, 0.25) is 0 Å². The second-order valence-electron chi connectivity index (χ2n) is 5.40. The van der Waals surface area contributed by atoms with E-state index in [9.17, 15) is 4.79 Å². The van der Waals surface area contributed by atoms with Gasteiger partial charge in [0.05, 0.1) is 6.21 Å². The van der Waals surface area contributed by atoms with Gasteiger partial charge in [-0.05, 0) is 47.9 Å². The summed E-state index contributed by atoms with van der Waals surface area (Å²) in [5.41, 5.74) is 4.76. The van der Waals surface area contributed by atoms with Gasteiger partial charge in [0.1, 0.15) is 5.75 Å². The minimum absolute atomic E-state index is 0.0474. The number of nitrogens with zero attached hydrogens (tertiary/aromatic N) is 1. The quantitative estimate of drug-likeness (QED) is 0.614. The largest absolute Gasteiger partial charge is 0.483 e. The standard InChI is InChI=1S/C18H22N2O2S/c1-4-13(2)15-7-5-6-8-16(15)22-12-18(21)20-19-11-17-14(3)9-10-23-17/h5-11,13H,4,12H2,1-3H3,(H,20,21)/b19-11+. The van der Waals surface area contributed by atoms with Gasteiger partial charge in [-0.25, -0.2) is 5.43 Å². The molecule has 2 aromatic rings. The van der Waals surface area contributed by atoms with Gasteiger partial charge in [-0.3, -0.25) is 4.79 Å². The van der Waals surface area contributed by atoms with Crippen molar-refractivity contribution < 1.29 is 9.53 Å². The highest BCUT2D eigenvalue weighted by Crippen LogP contribution is 2.28. The first-order valence-electron chi connectivity index (χ1n) is 7.69. The van der Waals surface area contributed by atoms with Gasteiger partial charge in [-0.1, -0.05) is 32.0 Å². The molecule has 1 heterocycles. The molecule has 0 radical (unpaired) electrons. The van der Waals surface area contributed by atoms with Crippen molar-refractivity contribution in [1.29, 1.82) is 0 Å².